The summed E-state index contributed by atoms with van der Waals surface area (Å²) < 4.78 is 14.2. The highest BCUT2D eigenvalue weighted by Crippen LogP contribution is 2.75. The Morgan fingerprint density at radius 3 is 2.42 bits per heavy atom. The maximum absolute atomic E-state index is 14.2. The highest BCUT2D eigenvalue weighted by atomic mass is 19.1. The Kier molecular flexibility index (Phi) is 5.74. The van der Waals surface area contributed by atoms with Crippen LogP contribution >= 0.6 is 0 Å². The van der Waals surface area contributed by atoms with Gasteiger partial charge in [0.2, 0.25) is 0 Å². The molecule has 4 aliphatic carbocycles. The van der Waals surface area contributed by atoms with Crippen LogP contribution in [-0.2, 0) is 10.2 Å². The standard InChI is InChI=1S/C37H44FNO4/c1-20-30-23(24-19-39-26-15-21(38)7-8-22(24)26)16-28-35(4,25(30)17-27(40)31(20)41)12-14-37(6)29-18-34(3,32(42)43)10-9-33(29,2)11-13-36(28,37)5/h7-8,15-17,19,23,29,39-41H,9-14,18H2,1-6H3,(H,42,43)/t23-,29+,33+,34+,35-,36+,37-/m0/s1. The number of fused-ring (bicyclic) bond motifs is 8. The van der Waals surface area contributed by atoms with Crippen molar-refractivity contribution in [3.63, 3.8) is 0 Å². The van der Waals surface area contributed by atoms with E-state index in [9.17, 15) is 24.5 Å². The Morgan fingerprint density at radius 1 is 0.977 bits per heavy atom. The highest BCUT2D eigenvalue weighted by molar-refractivity contribution is 5.85. The lowest BCUT2D eigenvalue weighted by Crippen LogP contribution is -2.62. The van der Waals surface area contributed by atoms with Crippen molar-refractivity contribution in [2.45, 2.75) is 97.8 Å². The van der Waals surface area contributed by atoms with Gasteiger partial charge >= 0.3 is 5.97 Å². The number of H-pyrrole nitrogens is 1. The van der Waals surface area contributed by atoms with Gasteiger partial charge < -0.3 is 20.3 Å². The molecule has 5 nitrogen and oxygen atoms in total. The fraction of sp³-hybridized carbons (Fsp3) is 0.541. The van der Waals surface area contributed by atoms with Crippen molar-refractivity contribution in [2.24, 2.45) is 27.6 Å². The van der Waals surface area contributed by atoms with Crippen LogP contribution in [0.5, 0.6) is 11.5 Å². The number of allylic oxidation sites excluding steroid dienone is 2. The topological polar surface area (TPSA) is 93.5 Å². The van der Waals surface area contributed by atoms with Gasteiger partial charge in [-0.15, -0.1) is 0 Å². The zero-order valence-corrected chi connectivity index (χ0v) is 26.2. The summed E-state index contributed by atoms with van der Waals surface area (Å²) in [6.45, 7) is 13.4. The minimum absolute atomic E-state index is 0.0921. The fourth-order valence-electron chi connectivity index (χ4n) is 10.6. The molecule has 1 aromatic heterocycles. The lowest BCUT2D eigenvalue weighted by molar-refractivity contribution is -0.177. The average Bonchev–Trinajstić information content (AvgIpc) is 3.37. The van der Waals surface area contributed by atoms with E-state index in [2.05, 4.69) is 38.8 Å². The number of benzene rings is 2. The molecule has 0 spiro atoms. The van der Waals surface area contributed by atoms with Gasteiger partial charge in [-0.2, -0.15) is 0 Å². The lowest BCUT2D eigenvalue weighted by Gasteiger charge is -2.70. The van der Waals surface area contributed by atoms with Crippen LogP contribution in [0.3, 0.4) is 0 Å². The predicted octanol–water partition coefficient (Wildman–Crippen LogP) is 8.85. The third-order valence-electron chi connectivity index (χ3n) is 13.6. The van der Waals surface area contributed by atoms with E-state index < -0.39 is 11.4 Å². The molecule has 1 heterocycles. The highest BCUT2D eigenvalue weighted by Gasteiger charge is 2.67. The van der Waals surface area contributed by atoms with E-state index >= 15 is 0 Å². The molecule has 0 saturated heterocycles. The number of carboxylic acid groups (broad SMARTS) is 1. The molecular formula is C37H44FNO4. The Labute approximate surface area is 253 Å². The van der Waals surface area contributed by atoms with Crippen LogP contribution in [0.15, 0.2) is 42.1 Å². The van der Waals surface area contributed by atoms with Crippen molar-refractivity contribution in [1.82, 2.24) is 4.98 Å². The third-order valence-corrected chi connectivity index (χ3v) is 13.6. The Morgan fingerprint density at radius 2 is 1.70 bits per heavy atom. The van der Waals surface area contributed by atoms with E-state index in [1.807, 2.05) is 26.1 Å². The van der Waals surface area contributed by atoms with Crippen molar-refractivity contribution in [3.05, 3.63) is 70.2 Å². The molecule has 3 saturated carbocycles. The molecule has 228 valence electrons. The molecule has 4 aliphatic rings. The van der Waals surface area contributed by atoms with Crippen LogP contribution in [0, 0.1) is 40.3 Å². The van der Waals surface area contributed by atoms with Crippen molar-refractivity contribution < 1.29 is 24.5 Å². The second-order valence-corrected chi connectivity index (χ2v) is 15.7. The van der Waals surface area contributed by atoms with Crippen molar-refractivity contribution in [3.8, 4) is 11.5 Å². The number of nitrogens with one attached hydrogen (secondary N) is 1. The summed E-state index contributed by atoms with van der Waals surface area (Å²) in [4.78, 5) is 15.8. The minimum atomic E-state index is -0.720. The van der Waals surface area contributed by atoms with Gasteiger partial charge in [-0.1, -0.05) is 39.3 Å². The van der Waals surface area contributed by atoms with E-state index in [0.29, 0.717) is 12.0 Å². The van der Waals surface area contributed by atoms with Crippen LogP contribution in [0.25, 0.3) is 10.9 Å². The number of carbonyl (C=O) groups is 1. The quantitative estimate of drug-likeness (QED) is 0.179. The molecule has 0 amide bonds. The predicted molar refractivity (Wildman–Crippen MR) is 166 cm³/mol. The number of aromatic nitrogens is 1. The van der Waals surface area contributed by atoms with Gasteiger partial charge in [-0.25, -0.2) is 4.39 Å². The number of phenols is 2. The van der Waals surface area contributed by atoms with Gasteiger partial charge in [-0.05, 0) is 127 Å². The summed E-state index contributed by atoms with van der Waals surface area (Å²) >= 11 is 0. The fourth-order valence-corrected chi connectivity index (χ4v) is 10.6. The van der Waals surface area contributed by atoms with Gasteiger partial charge in [-0.3, -0.25) is 4.79 Å². The zero-order chi connectivity index (χ0) is 30.9. The van der Waals surface area contributed by atoms with E-state index in [1.165, 1.54) is 17.7 Å². The van der Waals surface area contributed by atoms with Crippen LogP contribution < -0.4 is 0 Å². The van der Waals surface area contributed by atoms with Crippen LogP contribution in [0.1, 0.15) is 108 Å². The van der Waals surface area contributed by atoms with Crippen molar-refractivity contribution in [2.75, 3.05) is 0 Å². The molecule has 3 aromatic rings. The summed E-state index contributed by atoms with van der Waals surface area (Å²) in [5.74, 6) is -1.10. The van der Waals surface area contributed by atoms with Gasteiger partial charge in [0.25, 0.3) is 0 Å². The average molecular weight is 586 g/mol. The largest absolute Gasteiger partial charge is 0.504 e. The van der Waals surface area contributed by atoms with Crippen LogP contribution in [0.4, 0.5) is 4.39 Å². The SMILES string of the molecule is Cc1c(O)c(O)cc2c1[C@H](c1c[nH]c3cc(F)ccc13)C=C1[C@@]2(C)CC[C@@]2(C)[C@@H]3C[C@](C)(C(=O)O)CC[C@]3(C)CC[C@]12C. The molecule has 43 heavy (non-hydrogen) atoms. The Balaban J connectivity index is 1.46. The maximum Gasteiger partial charge on any atom is 0.309 e. The molecule has 3 fully saturated rings. The smallest absolute Gasteiger partial charge is 0.309 e. The summed E-state index contributed by atoms with van der Waals surface area (Å²) in [5.41, 5.74) is 4.56. The number of carboxylic acids is 1. The molecular weight excluding hydrogens is 541 g/mol. The number of aromatic hydroxyl groups is 2. The number of rotatable bonds is 2. The van der Waals surface area contributed by atoms with Crippen molar-refractivity contribution >= 4 is 16.9 Å². The summed E-state index contributed by atoms with van der Waals surface area (Å²) in [6, 6.07) is 6.62. The van der Waals surface area contributed by atoms with Gasteiger partial charge in [0.15, 0.2) is 11.5 Å². The molecule has 0 unspecified atom stereocenters. The number of halogens is 1. The summed E-state index contributed by atoms with van der Waals surface area (Å²) in [5, 5.41) is 33.1. The molecule has 0 bridgehead atoms. The second kappa shape index (κ2) is 8.67. The van der Waals surface area contributed by atoms with Crippen LogP contribution in [-0.4, -0.2) is 26.3 Å². The molecule has 2 aromatic carbocycles. The number of hydrogen-bond acceptors (Lipinski definition) is 3. The van der Waals surface area contributed by atoms with Crippen LogP contribution in [0.2, 0.25) is 0 Å². The number of hydrogen-bond donors (Lipinski definition) is 4. The van der Waals surface area contributed by atoms with Gasteiger partial charge in [0.1, 0.15) is 5.82 Å². The van der Waals surface area contributed by atoms with E-state index in [0.717, 1.165) is 66.1 Å². The summed E-state index contributed by atoms with van der Waals surface area (Å²) in [7, 11) is 0. The third kappa shape index (κ3) is 3.52. The molecule has 7 rings (SSSR count). The number of phenolic OH excluding ortho intramolecular Hbond substituents is 2. The van der Waals surface area contributed by atoms with Crippen molar-refractivity contribution in [1.29, 1.82) is 0 Å². The molecule has 7 atom stereocenters. The van der Waals surface area contributed by atoms with Gasteiger partial charge in [0.05, 0.1) is 5.41 Å². The monoisotopic (exact) mass is 585 g/mol. The number of aliphatic carboxylic acids is 1. The lowest BCUT2D eigenvalue weighted by atomic mass is 9.34. The Bertz CT molecular complexity index is 1740. The maximum atomic E-state index is 14.2. The molecule has 6 heteroatoms. The van der Waals surface area contributed by atoms with E-state index in [4.69, 9.17) is 0 Å². The first-order valence-corrected chi connectivity index (χ1v) is 15.9. The summed E-state index contributed by atoms with van der Waals surface area (Å²) in [6.07, 6.45) is 10.7. The first kappa shape index (κ1) is 28.5. The molecule has 0 aliphatic heterocycles. The second-order valence-electron chi connectivity index (χ2n) is 15.7. The molecule has 0 radical (unpaired) electrons. The first-order valence-electron chi connectivity index (χ1n) is 15.9. The normalized spacial score (nSPS) is 38.4. The first-order chi connectivity index (χ1) is 20.1. The molecule has 4 N–H and O–H groups in total. The zero-order valence-electron chi connectivity index (χ0n) is 26.2. The Hall–Kier alpha value is -3.28. The number of aromatic amines is 1. The van der Waals surface area contributed by atoms with Gasteiger partial charge in [0, 0.05) is 28.4 Å². The minimum Gasteiger partial charge on any atom is -0.504 e. The van der Waals surface area contributed by atoms with E-state index in [1.54, 1.807) is 6.07 Å². The van der Waals surface area contributed by atoms with E-state index in [-0.39, 0.29) is 50.8 Å².